The number of imidazole rings is 1. The average molecular weight is 748 g/mol. The number of anilines is 1. The van der Waals surface area contributed by atoms with Crippen molar-refractivity contribution in [2.75, 3.05) is 18.4 Å². The zero-order valence-corrected chi connectivity index (χ0v) is 33.3. The molecule has 3 heterocycles. The van der Waals surface area contributed by atoms with Gasteiger partial charge < -0.3 is 40.2 Å². The second-order valence-electron chi connectivity index (χ2n) is 16.6. The van der Waals surface area contributed by atoms with Crippen molar-refractivity contribution in [2.24, 2.45) is 11.8 Å². The van der Waals surface area contributed by atoms with E-state index in [4.69, 9.17) is 9.47 Å². The highest BCUT2D eigenvalue weighted by Crippen LogP contribution is 2.31. The van der Waals surface area contributed by atoms with Crippen molar-refractivity contribution in [3.05, 3.63) is 47.5 Å². The van der Waals surface area contributed by atoms with E-state index in [0.29, 0.717) is 48.7 Å². The van der Waals surface area contributed by atoms with E-state index in [-0.39, 0.29) is 35.6 Å². The van der Waals surface area contributed by atoms with Crippen LogP contribution in [0.15, 0.2) is 30.5 Å². The fourth-order valence-corrected chi connectivity index (χ4v) is 6.44. The van der Waals surface area contributed by atoms with Crippen molar-refractivity contribution in [2.45, 2.75) is 130 Å². The van der Waals surface area contributed by atoms with E-state index >= 15 is 0 Å². The molecule has 14 heteroatoms. The van der Waals surface area contributed by atoms with Crippen molar-refractivity contribution in [1.82, 2.24) is 30.4 Å². The van der Waals surface area contributed by atoms with Crippen molar-refractivity contribution >= 4 is 35.6 Å². The van der Waals surface area contributed by atoms with Crippen molar-refractivity contribution in [3.8, 4) is 11.8 Å². The zero-order valence-electron chi connectivity index (χ0n) is 33.3. The number of alkyl carbamates (subject to hydrolysis) is 2. The van der Waals surface area contributed by atoms with E-state index in [1.165, 1.54) is 0 Å². The number of nitrogens with one attached hydrogen (secondary N) is 4. The van der Waals surface area contributed by atoms with Crippen LogP contribution in [0.4, 0.5) is 15.3 Å². The number of benzene rings is 1. The lowest BCUT2D eigenvalue weighted by Gasteiger charge is -2.31. The van der Waals surface area contributed by atoms with Crippen molar-refractivity contribution < 1.29 is 33.4 Å². The van der Waals surface area contributed by atoms with Gasteiger partial charge in [-0.05, 0) is 109 Å². The number of nitrogens with zero attached hydrogens (tertiary/aromatic N) is 3. The van der Waals surface area contributed by atoms with E-state index in [9.17, 15) is 24.0 Å². The maximum atomic E-state index is 13.7. The largest absolute Gasteiger partial charge is 0.444 e. The van der Waals surface area contributed by atoms with Crippen molar-refractivity contribution in [1.29, 1.82) is 0 Å². The third kappa shape index (κ3) is 11.5. The van der Waals surface area contributed by atoms with E-state index in [1.54, 1.807) is 81.8 Å². The maximum absolute atomic E-state index is 13.7. The van der Waals surface area contributed by atoms with Gasteiger partial charge in [-0.15, -0.1) is 0 Å². The zero-order chi connectivity index (χ0) is 40.0. The molecule has 0 aliphatic carbocycles. The molecular weight excluding hydrogens is 690 g/mol. The fraction of sp³-hybridized carbons (Fsp3) is 0.600. The molecule has 0 unspecified atom stereocenters. The van der Waals surface area contributed by atoms with Gasteiger partial charge in [-0.3, -0.25) is 14.4 Å². The minimum Gasteiger partial charge on any atom is -0.444 e. The number of hydrogen-bond acceptors (Lipinski definition) is 8. The molecular formula is C40H57N7O7. The monoisotopic (exact) mass is 747 g/mol. The summed E-state index contributed by atoms with van der Waals surface area (Å²) in [4.78, 5) is 76.6. The molecule has 4 rings (SSSR count). The molecule has 4 N–H and O–H groups in total. The first-order chi connectivity index (χ1) is 25.2. The van der Waals surface area contributed by atoms with Crippen LogP contribution >= 0.6 is 0 Å². The summed E-state index contributed by atoms with van der Waals surface area (Å²) < 4.78 is 10.8. The summed E-state index contributed by atoms with van der Waals surface area (Å²) in [6.07, 6.45) is 3.04. The predicted molar refractivity (Wildman–Crippen MR) is 204 cm³/mol. The molecule has 2 aliphatic heterocycles. The van der Waals surface area contributed by atoms with Gasteiger partial charge in [0.1, 0.15) is 40.8 Å². The second kappa shape index (κ2) is 17.4. The second-order valence-corrected chi connectivity index (χ2v) is 16.6. The first-order valence-corrected chi connectivity index (χ1v) is 18.8. The van der Waals surface area contributed by atoms with E-state index in [0.717, 1.165) is 12.8 Å². The SMILES string of the molecule is CC(C)[C@@H](NC(=O)OC(C)(C)C)C(=O)N1CCC[C@H]1C(=O)Nc1ccc(C#Cc2cnc([C@@H]3CCCN3C(=O)[C@H](NC(=O)OC(C)(C)C)C(C)C)[nH]2)cc1. The molecule has 4 atom stereocenters. The molecule has 14 nitrogen and oxygen atoms in total. The first-order valence-electron chi connectivity index (χ1n) is 18.8. The average Bonchev–Trinajstić information content (AvgIpc) is 3.84. The molecule has 2 aromatic rings. The van der Waals surface area contributed by atoms with Crippen LogP contribution in [0.5, 0.6) is 0 Å². The molecule has 1 aromatic carbocycles. The normalized spacial score (nSPS) is 18.4. The lowest BCUT2D eigenvalue weighted by molar-refractivity contribution is -0.139. The summed E-state index contributed by atoms with van der Waals surface area (Å²) >= 11 is 0. The van der Waals surface area contributed by atoms with Crippen LogP contribution in [-0.2, 0) is 23.9 Å². The Balaban J connectivity index is 1.36. The highest BCUT2D eigenvalue weighted by Gasteiger charge is 2.40. The lowest BCUT2D eigenvalue weighted by atomic mass is 10.0. The summed E-state index contributed by atoms with van der Waals surface area (Å²) in [6.45, 7) is 19.0. The molecule has 54 heavy (non-hydrogen) atoms. The molecule has 0 spiro atoms. The van der Waals surface area contributed by atoms with Crippen LogP contribution in [0.3, 0.4) is 0 Å². The van der Waals surface area contributed by atoms with Crippen LogP contribution in [-0.4, -0.2) is 92.1 Å². The van der Waals surface area contributed by atoms with Crippen LogP contribution in [0, 0.1) is 23.7 Å². The van der Waals surface area contributed by atoms with E-state index in [1.807, 2.05) is 27.7 Å². The topological polar surface area (TPSA) is 175 Å². The quantitative estimate of drug-likeness (QED) is 0.243. The van der Waals surface area contributed by atoms with Gasteiger partial charge in [-0.2, -0.15) is 0 Å². The number of H-pyrrole nitrogens is 1. The highest BCUT2D eigenvalue weighted by atomic mass is 16.6. The van der Waals surface area contributed by atoms with Gasteiger partial charge in [0.25, 0.3) is 0 Å². The van der Waals surface area contributed by atoms with E-state index < -0.39 is 41.5 Å². The van der Waals surface area contributed by atoms with Crippen LogP contribution in [0.1, 0.15) is 118 Å². The molecule has 2 saturated heterocycles. The number of carbonyl (C=O) groups is 5. The number of carbonyl (C=O) groups excluding carboxylic acids is 5. The first kappa shape index (κ1) is 41.7. The number of ether oxygens (including phenoxy) is 2. The Hall–Kier alpha value is -5.06. The maximum Gasteiger partial charge on any atom is 0.408 e. The van der Waals surface area contributed by atoms with Crippen LogP contribution in [0.2, 0.25) is 0 Å². The molecule has 294 valence electrons. The Morgan fingerprint density at radius 3 is 1.83 bits per heavy atom. The van der Waals surface area contributed by atoms with Gasteiger partial charge in [0.15, 0.2) is 0 Å². The van der Waals surface area contributed by atoms with Gasteiger partial charge in [0.2, 0.25) is 17.7 Å². The Labute approximate surface area is 318 Å². The Morgan fingerprint density at radius 1 is 0.778 bits per heavy atom. The minimum absolute atomic E-state index is 0.150. The number of aromatic nitrogens is 2. The third-order valence-corrected chi connectivity index (χ3v) is 8.99. The Morgan fingerprint density at radius 2 is 1.30 bits per heavy atom. The summed E-state index contributed by atoms with van der Waals surface area (Å²) in [7, 11) is 0. The van der Waals surface area contributed by atoms with Crippen LogP contribution < -0.4 is 16.0 Å². The van der Waals surface area contributed by atoms with Gasteiger partial charge in [-0.25, -0.2) is 14.6 Å². The minimum atomic E-state index is -0.831. The summed E-state index contributed by atoms with van der Waals surface area (Å²) in [5.41, 5.74) is 0.463. The molecule has 0 saturated carbocycles. The molecule has 1 aromatic heterocycles. The molecule has 2 aliphatic rings. The van der Waals surface area contributed by atoms with Gasteiger partial charge in [-0.1, -0.05) is 33.6 Å². The fourth-order valence-electron chi connectivity index (χ4n) is 6.44. The van der Waals surface area contributed by atoms with Gasteiger partial charge in [0, 0.05) is 24.3 Å². The standard InChI is InChI=1S/C40H57N7O7/c1-24(2)31(44-37(51)53-39(5,6)7)35(49)46-21-11-13-29(46)33-41-23-28(42-33)20-17-26-15-18-27(19-16-26)43-34(48)30-14-12-22-47(30)36(50)32(25(3)4)45-38(52)54-40(8,9)10/h15-16,18-19,23-25,29-32H,11-14,21-22H2,1-10H3,(H,41,42)(H,43,48)(H,44,51)(H,45,52)/t29-,30-,31+,32+/m0/s1. The van der Waals surface area contributed by atoms with Gasteiger partial charge >= 0.3 is 12.2 Å². The molecule has 2 fully saturated rings. The summed E-state index contributed by atoms with van der Waals surface area (Å²) in [5, 5.41) is 8.37. The molecule has 5 amide bonds. The molecule has 0 radical (unpaired) electrons. The number of amides is 5. The van der Waals surface area contributed by atoms with Gasteiger partial charge in [0.05, 0.1) is 12.2 Å². The smallest absolute Gasteiger partial charge is 0.408 e. The number of likely N-dealkylation sites (tertiary alicyclic amines) is 2. The summed E-state index contributed by atoms with van der Waals surface area (Å²) in [6, 6.07) is 4.56. The number of rotatable bonds is 9. The summed E-state index contributed by atoms with van der Waals surface area (Å²) in [5.74, 6) is 5.66. The number of hydrogen-bond donors (Lipinski definition) is 4. The number of aromatic amines is 1. The lowest BCUT2D eigenvalue weighted by Crippen LogP contribution is -2.55. The van der Waals surface area contributed by atoms with Crippen LogP contribution in [0.25, 0.3) is 0 Å². The van der Waals surface area contributed by atoms with E-state index in [2.05, 4.69) is 37.8 Å². The molecule has 0 bridgehead atoms. The Bertz CT molecular complexity index is 1730. The predicted octanol–water partition coefficient (Wildman–Crippen LogP) is 5.50. The Kier molecular flexibility index (Phi) is 13.4. The third-order valence-electron chi connectivity index (χ3n) is 8.99. The highest BCUT2D eigenvalue weighted by molar-refractivity contribution is 5.98. The van der Waals surface area contributed by atoms with Crippen molar-refractivity contribution in [3.63, 3.8) is 0 Å².